The lowest BCUT2D eigenvalue weighted by Crippen LogP contribution is -2.19. The molecule has 0 saturated heterocycles. The van der Waals surface area contributed by atoms with Gasteiger partial charge in [0.15, 0.2) is 0 Å². The summed E-state index contributed by atoms with van der Waals surface area (Å²) in [6.45, 7) is 26.2. The summed E-state index contributed by atoms with van der Waals surface area (Å²) in [5, 5.41) is 0. The van der Waals surface area contributed by atoms with Crippen LogP contribution in [0.1, 0.15) is 82.1 Å². The molecule has 0 rings (SSSR count). The molecule has 0 aliphatic heterocycles. The molecule has 0 saturated carbocycles. The summed E-state index contributed by atoms with van der Waals surface area (Å²) in [4.78, 5) is 0. The molecule has 118 valence electrons. The lowest BCUT2D eigenvalue weighted by molar-refractivity contribution is 0.410. The van der Waals surface area contributed by atoms with Crippen molar-refractivity contribution in [3.05, 3.63) is 35.5 Å². The van der Waals surface area contributed by atoms with E-state index in [4.69, 9.17) is 0 Å². The second-order valence-corrected chi connectivity index (χ2v) is 6.54. The molecule has 0 atom stereocenters. The summed E-state index contributed by atoms with van der Waals surface area (Å²) in [6.07, 6.45) is 6.42. The van der Waals surface area contributed by atoms with E-state index in [1.165, 1.54) is 23.1 Å². The SMILES string of the molecule is C=C/C=C(\C(C)=C(/C)C(C)(C)CC)C(C)(C)CC.CC. The molecule has 0 fully saturated rings. The number of hydrogen-bond acceptors (Lipinski definition) is 0. The van der Waals surface area contributed by atoms with Crippen molar-refractivity contribution >= 4 is 0 Å². The van der Waals surface area contributed by atoms with E-state index in [2.05, 4.69) is 68.0 Å². The fourth-order valence-electron chi connectivity index (χ4n) is 2.14. The molecule has 0 heterocycles. The summed E-state index contributed by atoms with van der Waals surface area (Å²) in [5.41, 5.74) is 4.85. The van der Waals surface area contributed by atoms with E-state index in [-0.39, 0.29) is 10.8 Å². The van der Waals surface area contributed by atoms with Crippen LogP contribution in [0.25, 0.3) is 0 Å². The predicted octanol–water partition coefficient (Wildman–Crippen LogP) is 7.33. The van der Waals surface area contributed by atoms with Gasteiger partial charge in [-0.05, 0) is 48.7 Å². The number of hydrogen-bond donors (Lipinski definition) is 0. The molecule has 0 amide bonds. The molecule has 20 heavy (non-hydrogen) atoms. The Morgan fingerprint density at radius 2 is 1.30 bits per heavy atom. The van der Waals surface area contributed by atoms with E-state index >= 15 is 0 Å². The monoisotopic (exact) mass is 278 g/mol. The van der Waals surface area contributed by atoms with Crippen LogP contribution in [0, 0.1) is 10.8 Å². The third kappa shape index (κ3) is 5.69. The topological polar surface area (TPSA) is 0 Å². The van der Waals surface area contributed by atoms with Crippen LogP contribution in [0.15, 0.2) is 35.5 Å². The minimum Gasteiger partial charge on any atom is -0.0991 e. The number of rotatable bonds is 6. The zero-order valence-corrected chi connectivity index (χ0v) is 15.8. The third-order valence-electron chi connectivity index (χ3n) is 4.76. The van der Waals surface area contributed by atoms with E-state index in [9.17, 15) is 0 Å². The Hall–Kier alpha value is -0.780. The zero-order chi connectivity index (χ0) is 16.6. The van der Waals surface area contributed by atoms with E-state index < -0.39 is 0 Å². The Morgan fingerprint density at radius 3 is 1.60 bits per heavy atom. The molecule has 0 heteroatoms. The molecule has 0 aliphatic rings. The van der Waals surface area contributed by atoms with Crippen molar-refractivity contribution in [2.45, 2.75) is 82.1 Å². The summed E-state index contributed by atoms with van der Waals surface area (Å²) in [6, 6.07) is 0. The summed E-state index contributed by atoms with van der Waals surface area (Å²) in [5.74, 6) is 0. The lowest BCUT2D eigenvalue weighted by Gasteiger charge is -2.33. The normalized spacial score (nSPS) is 14.2. The first-order chi connectivity index (χ1) is 9.14. The van der Waals surface area contributed by atoms with Crippen molar-refractivity contribution in [1.82, 2.24) is 0 Å². The van der Waals surface area contributed by atoms with Gasteiger partial charge in [-0.15, -0.1) is 0 Å². The molecule has 0 N–H and O–H groups in total. The quantitative estimate of drug-likeness (QED) is 0.446. The first-order valence-corrected chi connectivity index (χ1v) is 8.15. The van der Waals surface area contributed by atoms with Gasteiger partial charge in [0.2, 0.25) is 0 Å². The Morgan fingerprint density at radius 1 is 0.900 bits per heavy atom. The Kier molecular flexibility index (Phi) is 9.91. The molecule has 0 spiro atoms. The van der Waals surface area contributed by atoms with Gasteiger partial charge in [-0.3, -0.25) is 0 Å². The maximum absolute atomic E-state index is 3.87. The highest BCUT2D eigenvalue weighted by molar-refractivity contribution is 5.41. The highest BCUT2D eigenvalue weighted by Gasteiger charge is 2.26. The van der Waals surface area contributed by atoms with Gasteiger partial charge in [0.05, 0.1) is 0 Å². The standard InChI is InChI=1S/C18H32.C2H6/c1-10-13-16(18(8,9)12-3)14(4)15(5)17(6,7)11-2;1-2/h10,13H,1,11-12H2,2-9H3;1-2H3/b15-14+,16-13+;. The minimum atomic E-state index is 0.212. The minimum absolute atomic E-state index is 0.212. The largest absolute Gasteiger partial charge is 0.0991 e. The van der Waals surface area contributed by atoms with Gasteiger partial charge < -0.3 is 0 Å². The summed E-state index contributed by atoms with van der Waals surface area (Å²) < 4.78 is 0. The first kappa shape index (κ1) is 21.5. The average Bonchev–Trinajstić information content (AvgIpc) is 2.45. The van der Waals surface area contributed by atoms with Gasteiger partial charge in [0.1, 0.15) is 0 Å². The molecule has 0 aromatic heterocycles. The molecule has 0 nitrogen and oxygen atoms in total. The van der Waals surface area contributed by atoms with E-state index in [0.29, 0.717) is 0 Å². The van der Waals surface area contributed by atoms with Crippen molar-refractivity contribution < 1.29 is 0 Å². The fourth-order valence-corrected chi connectivity index (χ4v) is 2.14. The highest BCUT2D eigenvalue weighted by atomic mass is 14.3. The van der Waals surface area contributed by atoms with Crippen LogP contribution in [0.3, 0.4) is 0 Å². The Labute approximate surface area is 129 Å². The van der Waals surface area contributed by atoms with Crippen LogP contribution in [0.4, 0.5) is 0 Å². The van der Waals surface area contributed by atoms with Crippen LogP contribution in [-0.2, 0) is 0 Å². The maximum Gasteiger partial charge on any atom is -0.0104 e. The van der Waals surface area contributed by atoms with Crippen molar-refractivity contribution in [3.63, 3.8) is 0 Å². The molecule has 0 aromatic rings. The smallest absolute Gasteiger partial charge is 0.0104 e. The average molecular weight is 279 g/mol. The van der Waals surface area contributed by atoms with Crippen LogP contribution < -0.4 is 0 Å². The molecular weight excluding hydrogens is 240 g/mol. The van der Waals surface area contributed by atoms with Gasteiger partial charge in [-0.25, -0.2) is 0 Å². The van der Waals surface area contributed by atoms with Crippen molar-refractivity contribution in [1.29, 1.82) is 0 Å². The molecule has 0 aromatic carbocycles. The van der Waals surface area contributed by atoms with Gasteiger partial charge in [0, 0.05) is 0 Å². The van der Waals surface area contributed by atoms with Gasteiger partial charge in [-0.2, -0.15) is 0 Å². The van der Waals surface area contributed by atoms with E-state index in [1.807, 2.05) is 19.9 Å². The van der Waals surface area contributed by atoms with Crippen molar-refractivity contribution in [3.8, 4) is 0 Å². The number of allylic oxidation sites excluding steroid dienone is 5. The second-order valence-electron chi connectivity index (χ2n) is 6.54. The molecular formula is C20H38. The zero-order valence-electron chi connectivity index (χ0n) is 15.8. The molecule has 0 unspecified atom stereocenters. The van der Waals surface area contributed by atoms with Crippen molar-refractivity contribution in [2.75, 3.05) is 0 Å². The third-order valence-corrected chi connectivity index (χ3v) is 4.76. The van der Waals surface area contributed by atoms with Crippen LogP contribution in [0.2, 0.25) is 0 Å². The fraction of sp³-hybridized carbons (Fsp3) is 0.700. The second kappa shape index (κ2) is 9.21. The van der Waals surface area contributed by atoms with Gasteiger partial charge in [0.25, 0.3) is 0 Å². The predicted molar refractivity (Wildman–Crippen MR) is 96.1 cm³/mol. The lowest BCUT2D eigenvalue weighted by atomic mass is 9.72. The Bertz CT molecular complexity index is 348. The van der Waals surface area contributed by atoms with Crippen LogP contribution in [-0.4, -0.2) is 0 Å². The van der Waals surface area contributed by atoms with Crippen LogP contribution in [0.5, 0.6) is 0 Å². The maximum atomic E-state index is 3.87. The summed E-state index contributed by atoms with van der Waals surface area (Å²) >= 11 is 0. The van der Waals surface area contributed by atoms with E-state index in [0.717, 1.165) is 6.42 Å². The molecule has 0 bridgehead atoms. The van der Waals surface area contributed by atoms with Crippen LogP contribution >= 0.6 is 0 Å². The first-order valence-electron chi connectivity index (χ1n) is 8.15. The summed E-state index contributed by atoms with van der Waals surface area (Å²) in [7, 11) is 0. The Balaban J connectivity index is 0. The van der Waals surface area contributed by atoms with Gasteiger partial charge in [-0.1, -0.05) is 79.7 Å². The van der Waals surface area contributed by atoms with E-state index in [1.54, 1.807) is 0 Å². The van der Waals surface area contributed by atoms with Gasteiger partial charge >= 0.3 is 0 Å². The highest BCUT2D eigenvalue weighted by Crippen LogP contribution is 2.40. The molecule has 0 aliphatic carbocycles. The molecule has 0 radical (unpaired) electrons. The van der Waals surface area contributed by atoms with Crippen molar-refractivity contribution in [2.24, 2.45) is 10.8 Å².